The number of hydrogen-bond acceptors (Lipinski definition) is 5. The zero-order valence-electron chi connectivity index (χ0n) is 11.4. The van der Waals surface area contributed by atoms with E-state index in [-0.39, 0.29) is 5.60 Å². The number of nitrogens with zero attached hydrogens (tertiary/aromatic N) is 3. The van der Waals surface area contributed by atoms with Crippen molar-refractivity contribution in [1.82, 2.24) is 15.2 Å². The summed E-state index contributed by atoms with van der Waals surface area (Å²) in [5, 5.41) is 11.4. The molecule has 0 aromatic carbocycles. The molecule has 0 aliphatic heterocycles. The number of methoxy groups -OCH3 is 1. The van der Waals surface area contributed by atoms with Crippen LogP contribution in [0.3, 0.4) is 0 Å². The highest BCUT2D eigenvalue weighted by atomic mass is 16.5. The monoisotopic (exact) mass is 238 g/mol. The van der Waals surface area contributed by atoms with Gasteiger partial charge in [-0.2, -0.15) is 5.10 Å². The van der Waals surface area contributed by atoms with Crippen molar-refractivity contribution in [2.45, 2.75) is 46.1 Å². The van der Waals surface area contributed by atoms with Crippen LogP contribution in [-0.4, -0.2) is 34.4 Å². The van der Waals surface area contributed by atoms with Crippen LogP contribution in [0.1, 0.15) is 39.1 Å². The van der Waals surface area contributed by atoms with Crippen molar-refractivity contribution < 1.29 is 4.74 Å². The molecule has 1 rings (SSSR count). The van der Waals surface area contributed by atoms with E-state index in [4.69, 9.17) is 4.74 Å². The summed E-state index contributed by atoms with van der Waals surface area (Å²) in [6.07, 6.45) is 1.74. The summed E-state index contributed by atoms with van der Waals surface area (Å²) < 4.78 is 5.32. The highest BCUT2D eigenvalue weighted by molar-refractivity contribution is 5.26. The highest BCUT2D eigenvalue weighted by Crippen LogP contribution is 2.10. The van der Waals surface area contributed by atoms with E-state index in [9.17, 15) is 0 Å². The van der Waals surface area contributed by atoms with Gasteiger partial charge in [-0.1, -0.05) is 13.8 Å². The Morgan fingerprint density at radius 3 is 2.29 bits per heavy atom. The van der Waals surface area contributed by atoms with Gasteiger partial charge in [0.25, 0.3) is 0 Å². The third-order valence-corrected chi connectivity index (χ3v) is 2.73. The van der Waals surface area contributed by atoms with E-state index in [2.05, 4.69) is 34.3 Å². The molecule has 96 valence electrons. The van der Waals surface area contributed by atoms with Crippen molar-refractivity contribution in [1.29, 1.82) is 0 Å². The molecule has 0 aliphatic carbocycles. The summed E-state index contributed by atoms with van der Waals surface area (Å²) in [7, 11) is 1.69. The number of ether oxygens (including phenoxy) is 1. The summed E-state index contributed by atoms with van der Waals surface area (Å²) in [4.78, 5) is 4.46. The van der Waals surface area contributed by atoms with Gasteiger partial charge in [0.1, 0.15) is 0 Å². The fourth-order valence-electron chi connectivity index (χ4n) is 1.38. The van der Waals surface area contributed by atoms with Crippen molar-refractivity contribution in [3.63, 3.8) is 0 Å². The zero-order valence-corrected chi connectivity index (χ0v) is 11.4. The highest BCUT2D eigenvalue weighted by Gasteiger charge is 2.16. The van der Waals surface area contributed by atoms with Crippen molar-refractivity contribution in [3.05, 3.63) is 11.4 Å². The number of hydrogen-bond donors (Lipinski definition) is 1. The number of aryl methyl sites for hydroxylation is 2. The molecule has 0 atom stereocenters. The Kier molecular flexibility index (Phi) is 4.81. The minimum atomic E-state index is -0.237. The molecule has 1 aromatic rings. The predicted octanol–water partition coefficient (Wildman–Crippen LogP) is 1.83. The number of rotatable bonds is 6. The first-order valence-electron chi connectivity index (χ1n) is 6.04. The van der Waals surface area contributed by atoms with E-state index < -0.39 is 0 Å². The molecule has 0 amide bonds. The average molecular weight is 238 g/mol. The molecule has 0 bridgehead atoms. The quantitative estimate of drug-likeness (QED) is 0.819. The summed E-state index contributed by atoms with van der Waals surface area (Å²) in [6.45, 7) is 8.81. The van der Waals surface area contributed by atoms with Crippen LogP contribution in [0.15, 0.2) is 0 Å². The molecular formula is C12H22N4O. The van der Waals surface area contributed by atoms with Gasteiger partial charge in [0, 0.05) is 13.7 Å². The predicted molar refractivity (Wildman–Crippen MR) is 68.2 cm³/mol. The maximum Gasteiger partial charge on any atom is 0.243 e. The molecule has 1 aromatic heterocycles. The Morgan fingerprint density at radius 2 is 1.76 bits per heavy atom. The molecule has 5 heteroatoms. The second-order valence-electron chi connectivity index (χ2n) is 4.55. The number of anilines is 1. The molecule has 0 aliphatic rings. The van der Waals surface area contributed by atoms with E-state index in [0.29, 0.717) is 12.5 Å². The van der Waals surface area contributed by atoms with Crippen LogP contribution in [-0.2, 0) is 17.6 Å². The normalized spacial score (nSPS) is 11.6. The molecule has 0 spiro atoms. The van der Waals surface area contributed by atoms with E-state index in [1.54, 1.807) is 7.11 Å². The van der Waals surface area contributed by atoms with Crippen LogP contribution in [0.2, 0.25) is 0 Å². The van der Waals surface area contributed by atoms with E-state index in [1.807, 2.05) is 13.8 Å². The molecule has 1 heterocycles. The second kappa shape index (κ2) is 5.91. The van der Waals surface area contributed by atoms with Crippen LogP contribution in [0.4, 0.5) is 5.95 Å². The summed E-state index contributed by atoms with van der Waals surface area (Å²) in [5.41, 5.74) is 1.75. The van der Waals surface area contributed by atoms with Gasteiger partial charge in [0.2, 0.25) is 5.95 Å². The first-order chi connectivity index (χ1) is 8.02. The third kappa shape index (κ3) is 3.93. The van der Waals surface area contributed by atoms with Crippen LogP contribution < -0.4 is 5.32 Å². The lowest BCUT2D eigenvalue weighted by Crippen LogP contribution is -2.32. The Hall–Kier alpha value is -1.23. The summed E-state index contributed by atoms with van der Waals surface area (Å²) in [5.74, 6) is 0.573. The molecule has 0 radical (unpaired) electrons. The second-order valence-corrected chi connectivity index (χ2v) is 4.55. The molecular weight excluding hydrogens is 216 g/mol. The smallest absolute Gasteiger partial charge is 0.243 e. The van der Waals surface area contributed by atoms with Crippen molar-refractivity contribution >= 4 is 5.95 Å². The number of nitrogens with one attached hydrogen (secondary N) is 1. The average Bonchev–Trinajstić information content (AvgIpc) is 2.36. The Balaban J connectivity index is 2.73. The minimum Gasteiger partial charge on any atom is -0.377 e. The van der Waals surface area contributed by atoms with Gasteiger partial charge in [-0.3, -0.25) is 0 Å². The topological polar surface area (TPSA) is 59.9 Å². The van der Waals surface area contributed by atoms with Gasteiger partial charge in [0.15, 0.2) is 0 Å². The fourth-order valence-corrected chi connectivity index (χ4v) is 1.38. The Bertz CT molecular complexity index is 366. The maximum absolute atomic E-state index is 5.32. The lowest BCUT2D eigenvalue weighted by atomic mass is 10.1. The molecule has 17 heavy (non-hydrogen) atoms. The van der Waals surface area contributed by atoms with Crippen molar-refractivity contribution in [2.24, 2.45) is 0 Å². The largest absolute Gasteiger partial charge is 0.377 e. The van der Waals surface area contributed by atoms with E-state index in [1.165, 1.54) is 0 Å². The lowest BCUT2D eigenvalue weighted by molar-refractivity contribution is 0.0342. The fraction of sp³-hybridized carbons (Fsp3) is 0.750. The summed E-state index contributed by atoms with van der Waals surface area (Å²) >= 11 is 0. The van der Waals surface area contributed by atoms with Gasteiger partial charge in [-0.15, -0.1) is 5.10 Å². The Morgan fingerprint density at radius 1 is 1.12 bits per heavy atom. The molecule has 1 N–H and O–H groups in total. The van der Waals surface area contributed by atoms with Gasteiger partial charge >= 0.3 is 0 Å². The molecule has 5 nitrogen and oxygen atoms in total. The van der Waals surface area contributed by atoms with Gasteiger partial charge in [-0.05, 0) is 26.7 Å². The maximum atomic E-state index is 5.32. The van der Waals surface area contributed by atoms with Gasteiger partial charge < -0.3 is 10.1 Å². The molecule has 0 fully saturated rings. The third-order valence-electron chi connectivity index (χ3n) is 2.73. The first-order valence-corrected chi connectivity index (χ1v) is 6.04. The van der Waals surface area contributed by atoms with Gasteiger partial charge in [0.05, 0.1) is 17.0 Å². The minimum absolute atomic E-state index is 0.237. The number of aromatic nitrogens is 3. The molecule has 0 unspecified atom stereocenters. The van der Waals surface area contributed by atoms with Crippen LogP contribution in [0.25, 0.3) is 0 Å². The van der Waals surface area contributed by atoms with E-state index >= 15 is 0 Å². The van der Waals surface area contributed by atoms with E-state index in [0.717, 1.165) is 24.2 Å². The first kappa shape index (κ1) is 13.8. The lowest BCUT2D eigenvalue weighted by Gasteiger charge is -2.23. The Labute approximate surface area is 103 Å². The molecule has 0 saturated heterocycles. The SMILES string of the molecule is CCc1nnc(NCC(C)(C)OC)nc1CC. The standard InChI is InChI=1S/C12H22N4O/c1-6-9-10(7-2)15-16-11(14-9)13-8-12(3,4)17-5/h6-8H2,1-5H3,(H,13,14,16). The van der Waals surface area contributed by atoms with Gasteiger partial charge in [-0.25, -0.2) is 4.98 Å². The van der Waals surface area contributed by atoms with Crippen LogP contribution >= 0.6 is 0 Å². The molecule has 0 saturated carbocycles. The van der Waals surface area contributed by atoms with Crippen molar-refractivity contribution in [2.75, 3.05) is 19.0 Å². The van der Waals surface area contributed by atoms with Crippen LogP contribution in [0, 0.1) is 0 Å². The van der Waals surface area contributed by atoms with Crippen molar-refractivity contribution in [3.8, 4) is 0 Å². The zero-order chi connectivity index (χ0) is 12.9. The van der Waals surface area contributed by atoms with Crippen LogP contribution in [0.5, 0.6) is 0 Å². The summed E-state index contributed by atoms with van der Waals surface area (Å²) in [6, 6.07) is 0.